The van der Waals surface area contributed by atoms with Gasteiger partial charge in [-0.05, 0) is 30.2 Å². The number of rotatable bonds is 2. The van der Waals surface area contributed by atoms with Gasteiger partial charge in [-0.25, -0.2) is 0 Å². The number of hydrogen-bond acceptors (Lipinski definition) is 2. The fraction of sp³-hybridized carbons (Fsp3) is 0.545. The minimum absolute atomic E-state index is 0.0706. The van der Waals surface area contributed by atoms with Crippen LogP contribution in [-0.4, -0.2) is 29.8 Å². The van der Waals surface area contributed by atoms with Crippen molar-refractivity contribution in [1.82, 2.24) is 4.90 Å². The van der Waals surface area contributed by atoms with Crippen molar-refractivity contribution in [1.29, 1.82) is 0 Å². The molecule has 1 fully saturated rings. The SMILES string of the molecule is O=C(CCl)N1CCC(c2cccs2)CC1. The van der Waals surface area contributed by atoms with Gasteiger partial charge in [0.05, 0.1) is 0 Å². The maximum Gasteiger partial charge on any atom is 0.237 e. The van der Waals surface area contributed by atoms with Crippen LogP contribution in [0.15, 0.2) is 17.5 Å². The molecule has 2 nitrogen and oxygen atoms in total. The summed E-state index contributed by atoms with van der Waals surface area (Å²) in [7, 11) is 0. The third kappa shape index (κ3) is 2.52. The van der Waals surface area contributed by atoms with Gasteiger partial charge in [0.15, 0.2) is 0 Å². The standard InChI is InChI=1S/C11H14ClNOS/c12-8-11(14)13-5-3-9(4-6-13)10-2-1-7-15-10/h1-2,7,9H,3-6,8H2. The Hall–Kier alpha value is -0.540. The van der Waals surface area contributed by atoms with Crippen LogP contribution in [0.3, 0.4) is 0 Å². The average Bonchev–Trinajstić information content (AvgIpc) is 2.82. The van der Waals surface area contributed by atoms with Crippen molar-refractivity contribution in [2.45, 2.75) is 18.8 Å². The molecule has 0 spiro atoms. The average molecular weight is 244 g/mol. The van der Waals surface area contributed by atoms with Gasteiger partial charge in [0.1, 0.15) is 5.88 Å². The number of piperidine rings is 1. The predicted molar refractivity (Wildman–Crippen MR) is 63.6 cm³/mol. The highest BCUT2D eigenvalue weighted by atomic mass is 35.5. The number of thiophene rings is 1. The Morgan fingerprint density at radius 2 is 2.27 bits per heavy atom. The third-order valence-corrected chi connectivity index (χ3v) is 4.17. The minimum Gasteiger partial charge on any atom is -0.342 e. The van der Waals surface area contributed by atoms with Crippen LogP contribution in [0, 0.1) is 0 Å². The zero-order valence-corrected chi connectivity index (χ0v) is 10.1. The molecule has 82 valence electrons. The molecule has 0 saturated carbocycles. The lowest BCUT2D eigenvalue weighted by Crippen LogP contribution is -2.38. The summed E-state index contributed by atoms with van der Waals surface area (Å²) in [5, 5.41) is 2.12. The molecule has 1 saturated heterocycles. The van der Waals surface area contributed by atoms with Gasteiger partial charge >= 0.3 is 0 Å². The number of nitrogens with zero attached hydrogens (tertiary/aromatic N) is 1. The first-order valence-electron chi connectivity index (χ1n) is 5.18. The predicted octanol–water partition coefficient (Wildman–Crippen LogP) is 2.69. The molecule has 0 atom stereocenters. The van der Waals surface area contributed by atoms with Crippen LogP contribution in [0.1, 0.15) is 23.6 Å². The maximum absolute atomic E-state index is 11.4. The zero-order valence-electron chi connectivity index (χ0n) is 8.49. The van der Waals surface area contributed by atoms with Crippen LogP contribution >= 0.6 is 22.9 Å². The summed E-state index contributed by atoms with van der Waals surface area (Å²) in [5.74, 6) is 0.828. The van der Waals surface area contributed by atoms with Gasteiger partial charge in [-0.2, -0.15) is 0 Å². The highest BCUT2D eigenvalue weighted by Gasteiger charge is 2.23. The molecule has 1 aromatic rings. The van der Waals surface area contributed by atoms with E-state index >= 15 is 0 Å². The second kappa shape index (κ2) is 4.99. The lowest BCUT2D eigenvalue weighted by atomic mass is 9.95. The van der Waals surface area contributed by atoms with Crippen LogP contribution in [0.25, 0.3) is 0 Å². The van der Waals surface area contributed by atoms with Gasteiger partial charge in [0.2, 0.25) is 5.91 Å². The summed E-state index contributed by atoms with van der Waals surface area (Å²) in [6.45, 7) is 1.71. The molecule has 1 aliphatic heterocycles. The topological polar surface area (TPSA) is 20.3 Å². The Balaban J connectivity index is 1.90. The number of hydrogen-bond donors (Lipinski definition) is 0. The van der Waals surface area contributed by atoms with Gasteiger partial charge < -0.3 is 4.90 Å². The number of carbonyl (C=O) groups excluding carboxylic acids is 1. The maximum atomic E-state index is 11.4. The van der Waals surface area contributed by atoms with Crippen molar-refractivity contribution < 1.29 is 4.79 Å². The van der Waals surface area contributed by atoms with E-state index < -0.39 is 0 Å². The van der Waals surface area contributed by atoms with E-state index in [0.29, 0.717) is 5.92 Å². The number of alkyl halides is 1. The molecule has 15 heavy (non-hydrogen) atoms. The molecule has 0 radical (unpaired) electrons. The van der Waals surface area contributed by atoms with Crippen molar-refractivity contribution in [3.63, 3.8) is 0 Å². The number of halogens is 1. The molecule has 1 aromatic heterocycles. The Labute approximate surface area is 98.8 Å². The van der Waals surface area contributed by atoms with Crippen LogP contribution in [0.5, 0.6) is 0 Å². The Bertz CT molecular complexity index is 317. The Kier molecular flexibility index (Phi) is 3.65. The van der Waals surface area contributed by atoms with E-state index in [2.05, 4.69) is 17.5 Å². The molecule has 0 unspecified atom stereocenters. The molecule has 4 heteroatoms. The summed E-state index contributed by atoms with van der Waals surface area (Å²) in [6.07, 6.45) is 2.15. The van der Waals surface area contributed by atoms with Crippen molar-refractivity contribution in [2.75, 3.05) is 19.0 Å². The first-order chi connectivity index (χ1) is 7.31. The van der Waals surface area contributed by atoms with Gasteiger partial charge in [0.25, 0.3) is 0 Å². The van der Waals surface area contributed by atoms with Crippen molar-refractivity contribution in [2.24, 2.45) is 0 Å². The summed E-state index contributed by atoms with van der Waals surface area (Å²) >= 11 is 7.35. The van der Waals surface area contributed by atoms with E-state index in [-0.39, 0.29) is 11.8 Å². The first-order valence-corrected chi connectivity index (χ1v) is 6.60. The van der Waals surface area contributed by atoms with Crippen molar-refractivity contribution >= 4 is 28.8 Å². The van der Waals surface area contributed by atoms with E-state index in [4.69, 9.17) is 11.6 Å². The van der Waals surface area contributed by atoms with E-state index in [1.165, 1.54) is 4.88 Å². The summed E-state index contributed by atoms with van der Waals surface area (Å²) in [6, 6.07) is 4.28. The van der Waals surface area contributed by atoms with Crippen LogP contribution in [0.2, 0.25) is 0 Å². The molecule has 0 aliphatic carbocycles. The molecule has 0 N–H and O–H groups in total. The fourth-order valence-electron chi connectivity index (χ4n) is 2.02. The van der Waals surface area contributed by atoms with Gasteiger partial charge in [0, 0.05) is 18.0 Å². The number of amides is 1. The molecule has 1 amide bonds. The molecular weight excluding hydrogens is 230 g/mol. The number of likely N-dealkylation sites (tertiary alicyclic amines) is 1. The summed E-state index contributed by atoms with van der Waals surface area (Å²) in [5.41, 5.74) is 0. The van der Waals surface area contributed by atoms with Gasteiger partial charge in [-0.3, -0.25) is 4.79 Å². The Morgan fingerprint density at radius 1 is 1.53 bits per heavy atom. The molecule has 2 rings (SSSR count). The molecule has 2 heterocycles. The second-order valence-corrected chi connectivity index (χ2v) is 5.05. The second-order valence-electron chi connectivity index (χ2n) is 3.80. The largest absolute Gasteiger partial charge is 0.342 e. The smallest absolute Gasteiger partial charge is 0.237 e. The highest BCUT2D eigenvalue weighted by Crippen LogP contribution is 2.30. The van der Waals surface area contributed by atoms with E-state index in [9.17, 15) is 4.79 Å². The minimum atomic E-state index is 0.0706. The van der Waals surface area contributed by atoms with Crippen LogP contribution in [0.4, 0.5) is 0 Å². The quantitative estimate of drug-likeness (QED) is 0.732. The lowest BCUT2D eigenvalue weighted by molar-refractivity contribution is -0.129. The van der Waals surface area contributed by atoms with Crippen LogP contribution in [-0.2, 0) is 4.79 Å². The Morgan fingerprint density at radius 3 is 2.80 bits per heavy atom. The molecule has 1 aliphatic rings. The molecule has 0 aromatic carbocycles. The van der Waals surface area contributed by atoms with Gasteiger partial charge in [-0.15, -0.1) is 22.9 Å². The van der Waals surface area contributed by atoms with E-state index in [0.717, 1.165) is 25.9 Å². The fourth-order valence-corrected chi connectivity index (χ4v) is 3.09. The highest BCUT2D eigenvalue weighted by molar-refractivity contribution is 7.10. The lowest BCUT2D eigenvalue weighted by Gasteiger charge is -2.31. The summed E-state index contributed by atoms with van der Waals surface area (Å²) in [4.78, 5) is 14.7. The monoisotopic (exact) mass is 243 g/mol. The van der Waals surface area contributed by atoms with Gasteiger partial charge in [-0.1, -0.05) is 6.07 Å². The normalized spacial score (nSPS) is 18.1. The zero-order chi connectivity index (χ0) is 10.7. The number of carbonyl (C=O) groups is 1. The molecular formula is C11H14ClNOS. The van der Waals surface area contributed by atoms with Crippen molar-refractivity contribution in [3.8, 4) is 0 Å². The first kappa shape index (κ1) is 11.0. The van der Waals surface area contributed by atoms with Crippen molar-refractivity contribution in [3.05, 3.63) is 22.4 Å². The third-order valence-electron chi connectivity index (χ3n) is 2.91. The van der Waals surface area contributed by atoms with Crippen LogP contribution < -0.4 is 0 Å². The molecule has 0 bridgehead atoms. The van der Waals surface area contributed by atoms with E-state index in [1.54, 1.807) is 0 Å². The summed E-state index contributed by atoms with van der Waals surface area (Å²) < 4.78 is 0. The van der Waals surface area contributed by atoms with E-state index in [1.807, 2.05) is 16.2 Å².